The SMILES string of the molecule is COc1cc(C)ccc1NS(=O)(=O)c1cc(Cl)cc(Cl)c1. The second-order valence-electron chi connectivity index (χ2n) is 4.41. The average molecular weight is 346 g/mol. The summed E-state index contributed by atoms with van der Waals surface area (Å²) in [5.41, 5.74) is 1.31. The predicted octanol–water partition coefficient (Wildman–Crippen LogP) is 4.11. The summed E-state index contributed by atoms with van der Waals surface area (Å²) < 4.78 is 32.4. The van der Waals surface area contributed by atoms with Crippen LogP contribution in [-0.4, -0.2) is 15.5 Å². The van der Waals surface area contributed by atoms with E-state index in [-0.39, 0.29) is 14.9 Å². The number of hydrogen-bond donors (Lipinski definition) is 1. The van der Waals surface area contributed by atoms with Crippen LogP contribution in [0.2, 0.25) is 10.0 Å². The van der Waals surface area contributed by atoms with Crippen molar-refractivity contribution in [3.8, 4) is 5.75 Å². The topological polar surface area (TPSA) is 55.4 Å². The Hall–Kier alpha value is -1.43. The van der Waals surface area contributed by atoms with Crippen molar-refractivity contribution >= 4 is 38.9 Å². The molecule has 2 rings (SSSR count). The Morgan fingerprint density at radius 1 is 1.05 bits per heavy atom. The molecular weight excluding hydrogens is 333 g/mol. The van der Waals surface area contributed by atoms with Crippen LogP contribution in [0.15, 0.2) is 41.3 Å². The summed E-state index contributed by atoms with van der Waals surface area (Å²) in [6.45, 7) is 1.89. The third kappa shape index (κ3) is 3.81. The molecule has 1 N–H and O–H groups in total. The van der Waals surface area contributed by atoms with E-state index >= 15 is 0 Å². The Labute approximate surface area is 133 Å². The second kappa shape index (κ2) is 6.13. The highest BCUT2D eigenvalue weighted by Gasteiger charge is 2.17. The molecular formula is C14H13Cl2NO3S. The van der Waals surface area contributed by atoms with Crippen molar-refractivity contribution in [1.29, 1.82) is 0 Å². The minimum Gasteiger partial charge on any atom is -0.495 e. The first-order valence-electron chi connectivity index (χ1n) is 5.95. The molecule has 112 valence electrons. The summed E-state index contributed by atoms with van der Waals surface area (Å²) in [6, 6.07) is 9.29. The normalized spacial score (nSPS) is 11.2. The third-order valence-electron chi connectivity index (χ3n) is 2.75. The van der Waals surface area contributed by atoms with Crippen molar-refractivity contribution in [3.05, 3.63) is 52.0 Å². The van der Waals surface area contributed by atoms with Crippen molar-refractivity contribution in [2.24, 2.45) is 0 Å². The molecule has 7 heteroatoms. The molecule has 0 atom stereocenters. The Balaban J connectivity index is 2.42. The first-order chi connectivity index (χ1) is 9.81. The Kier molecular flexibility index (Phi) is 4.66. The maximum atomic E-state index is 12.4. The summed E-state index contributed by atoms with van der Waals surface area (Å²) >= 11 is 11.7. The molecule has 0 bridgehead atoms. The van der Waals surface area contributed by atoms with Gasteiger partial charge in [0.25, 0.3) is 10.0 Å². The van der Waals surface area contributed by atoms with Gasteiger partial charge < -0.3 is 4.74 Å². The fraction of sp³-hybridized carbons (Fsp3) is 0.143. The van der Waals surface area contributed by atoms with Crippen LogP contribution in [0, 0.1) is 6.92 Å². The van der Waals surface area contributed by atoms with Crippen LogP contribution in [0.3, 0.4) is 0 Å². The molecule has 0 amide bonds. The van der Waals surface area contributed by atoms with Gasteiger partial charge >= 0.3 is 0 Å². The predicted molar refractivity (Wildman–Crippen MR) is 85.0 cm³/mol. The Morgan fingerprint density at radius 3 is 2.24 bits per heavy atom. The number of nitrogens with one attached hydrogen (secondary N) is 1. The number of methoxy groups -OCH3 is 1. The van der Waals surface area contributed by atoms with Crippen molar-refractivity contribution < 1.29 is 13.2 Å². The third-order valence-corrected chi connectivity index (χ3v) is 4.53. The average Bonchev–Trinajstić information content (AvgIpc) is 2.39. The molecule has 2 aromatic rings. The standard InChI is InChI=1S/C14H13Cl2NO3S/c1-9-3-4-13(14(5-9)20-2)17-21(18,19)12-7-10(15)6-11(16)8-12/h3-8,17H,1-2H3. The van der Waals surface area contributed by atoms with Crippen molar-refractivity contribution in [3.63, 3.8) is 0 Å². The van der Waals surface area contributed by atoms with Gasteiger partial charge in [-0.15, -0.1) is 0 Å². The Bertz CT molecular complexity index is 756. The molecule has 0 spiro atoms. The lowest BCUT2D eigenvalue weighted by molar-refractivity contribution is 0.416. The molecule has 0 radical (unpaired) electrons. The first kappa shape index (κ1) is 15.9. The van der Waals surface area contributed by atoms with Gasteiger partial charge in [0.2, 0.25) is 0 Å². The molecule has 0 unspecified atom stereocenters. The first-order valence-corrected chi connectivity index (χ1v) is 8.19. The van der Waals surface area contributed by atoms with Crippen LogP contribution in [0.1, 0.15) is 5.56 Å². The van der Waals surface area contributed by atoms with Crippen molar-refractivity contribution in [2.75, 3.05) is 11.8 Å². The lowest BCUT2D eigenvalue weighted by Gasteiger charge is -2.13. The molecule has 0 aliphatic carbocycles. The fourth-order valence-corrected chi connectivity index (χ4v) is 3.57. The van der Waals surface area contributed by atoms with Crippen LogP contribution in [0.25, 0.3) is 0 Å². The van der Waals surface area contributed by atoms with E-state index in [0.717, 1.165) is 5.56 Å². The minimum atomic E-state index is -3.80. The van der Waals surface area contributed by atoms with E-state index in [1.807, 2.05) is 6.92 Å². The molecule has 0 fully saturated rings. The van der Waals surface area contributed by atoms with Crippen molar-refractivity contribution in [1.82, 2.24) is 0 Å². The number of hydrogen-bond acceptors (Lipinski definition) is 3. The van der Waals surface area contributed by atoms with Crippen LogP contribution >= 0.6 is 23.2 Å². The summed E-state index contributed by atoms with van der Waals surface area (Å²) in [5, 5.41) is 0.498. The van der Waals surface area contributed by atoms with Gasteiger partial charge in [0.05, 0.1) is 17.7 Å². The molecule has 21 heavy (non-hydrogen) atoms. The van der Waals surface area contributed by atoms with Gasteiger partial charge in [-0.1, -0.05) is 29.3 Å². The number of halogens is 2. The minimum absolute atomic E-state index is 0.0115. The zero-order valence-electron chi connectivity index (χ0n) is 11.4. The maximum Gasteiger partial charge on any atom is 0.262 e. The van der Waals surface area contributed by atoms with Gasteiger partial charge in [0.1, 0.15) is 5.75 Å². The fourth-order valence-electron chi connectivity index (χ4n) is 1.77. The van der Waals surface area contributed by atoms with E-state index < -0.39 is 10.0 Å². The van der Waals surface area contributed by atoms with Crippen LogP contribution in [0.5, 0.6) is 5.75 Å². The number of aryl methyl sites for hydroxylation is 1. The van der Waals surface area contributed by atoms with Gasteiger partial charge in [-0.2, -0.15) is 0 Å². The molecule has 0 heterocycles. The molecule has 0 saturated heterocycles. The molecule has 4 nitrogen and oxygen atoms in total. The van der Waals surface area contributed by atoms with Gasteiger partial charge in [0.15, 0.2) is 0 Å². The number of benzene rings is 2. The number of sulfonamides is 1. The molecule has 2 aromatic carbocycles. The Morgan fingerprint density at radius 2 is 1.67 bits per heavy atom. The number of anilines is 1. The summed E-state index contributed by atoms with van der Waals surface area (Å²) in [7, 11) is -2.33. The number of ether oxygens (including phenoxy) is 1. The second-order valence-corrected chi connectivity index (χ2v) is 6.97. The van der Waals surface area contributed by atoms with Gasteiger partial charge in [-0.25, -0.2) is 8.42 Å². The molecule has 0 saturated carbocycles. The van der Waals surface area contributed by atoms with Gasteiger partial charge in [-0.05, 0) is 42.8 Å². The molecule has 0 aliphatic heterocycles. The van der Waals surface area contributed by atoms with E-state index in [9.17, 15) is 8.42 Å². The zero-order valence-corrected chi connectivity index (χ0v) is 13.7. The zero-order chi connectivity index (χ0) is 15.6. The van der Waals surface area contributed by atoms with Gasteiger partial charge in [-0.3, -0.25) is 4.72 Å². The lowest BCUT2D eigenvalue weighted by Crippen LogP contribution is -2.13. The van der Waals surface area contributed by atoms with E-state index in [1.165, 1.54) is 25.3 Å². The highest BCUT2D eigenvalue weighted by atomic mass is 35.5. The highest BCUT2D eigenvalue weighted by Crippen LogP contribution is 2.29. The van der Waals surface area contributed by atoms with Crippen LogP contribution < -0.4 is 9.46 Å². The van der Waals surface area contributed by atoms with Gasteiger partial charge in [0, 0.05) is 10.0 Å². The van der Waals surface area contributed by atoms with Crippen LogP contribution in [-0.2, 0) is 10.0 Å². The monoisotopic (exact) mass is 345 g/mol. The molecule has 0 aromatic heterocycles. The van der Waals surface area contributed by atoms with E-state index in [1.54, 1.807) is 18.2 Å². The van der Waals surface area contributed by atoms with E-state index in [2.05, 4.69) is 4.72 Å². The largest absolute Gasteiger partial charge is 0.495 e. The van der Waals surface area contributed by atoms with Crippen LogP contribution in [0.4, 0.5) is 5.69 Å². The lowest BCUT2D eigenvalue weighted by atomic mass is 10.2. The van der Waals surface area contributed by atoms with E-state index in [0.29, 0.717) is 11.4 Å². The smallest absolute Gasteiger partial charge is 0.262 e. The number of rotatable bonds is 4. The highest BCUT2D eigenvalue weighted by molar-refractivity contribution is 7.92. The molecule has 0 aliphatic rings. The van der Waals surface area contributed by atoms with Crippen molar-refractivity contribution in [2.45, 2.75) is 11.8 Å². The maximum absolute atomic E-state index is 12.4. The summed E-state index contributed by atoms with van der Waals surface area (Å²) in [5.74, 6) is 0.437. The quantitative estimate of drug-likeness (QED) is 0.906. The summed E-state index contributed by atoms with van der Waals surface area (Å²) in [4.78, 5) is -0.0115. The van der Waals surface area contributed by atoms with E-state index in [4.69, 9.17) is 27.9 Å². The summed E-state index contributed by atoms with van der Waals surface area (Å²) in [6.07, 6.45) is 0.